The third-order valence-corrected chi connectivity index (χ3v) is 3.14. The van der Waals surface area contributed by atoms with E-state index >= 15 is 0 Å². The van der Waals surface area contributed by atoms with Crippen molar-refractivity contribution in [3.8, 4) is 0 Å². The first-order valence-electron chi connectivity index (χ1n) is 7.00. The van der Waals surface area contributed by atoms with Gasteiger partial charge in [-0.05, 0) is 24.1 Å². The number of pyridine rings is 1. The van der Waals surface area contributed by atoms with E-state index in [0.717, 1.165) is 29.8 Å². The topological polar surface area (TPSA) is 66.0 Å². The number of hydrogen-bond donors (Lipinski definition) is 2. The molecule has 2 rings (SSSR count). The summed E-state index contributed by atoms with van der Waals surface area (Å²) in [5, 5.41) is 8.54. The van der Waals surface area contributed by atoms with Crippen molar-refractivity contribution in [2.45, 2.75) is 20.3 Å². The predicted octanol–water partition coefficient (Wildman–Crippen LogP) is 3.02. The van der Waals surface area contributed by atoms with Crippen LogP contribution in [0.25, 0.3) is 10.9 Å². The molecule has 20 heavy (non-hydrogen) atoms. The highest BCUT2D eigenvalue weighted by Gasteiger charge is 2.11. The number of amidine groups is 1. The zero-order valence-corrected chi connectivity index (χ0v) is 12.1. The molecule has 0 aliphatic rings. The maximum atomic E-state index is 7.39. The molecule has 3 N–H and O–H groups in total. The van der Waals surface area contributed by atoms with Crippen LogP contribution in [0.5, 0.6) is 0 Å². The lowest BCUT2D eigenvalue weighted by Crippen LogP contribution is -2.31. The van der Waals surface area contributed by atoms with Gasteiger partial charge in [-0.2, -0.15) is 0 Å². The van der Waals surface area contributed by atoms with E-state index in [1.54, 1.807) is 0 Å². The smallest absolute Gasteiger partial charge is 0.129 e. The summed E-state index contributed by atoms with van der Waals surface area (Å²) >= 11 is 0. The SMILES string of the molecule is CC(C)CN(CCC(=N)N)c1ccc2ccccc2n1. The third-order valence-electron chi connectivity index (χ3n) is 3.14. The molecule has 4 nitrogen and oxygen atoms in total. The highest BCUT2D eigenvalue weighted by atomic mass is 15.2. The van der Waals surface area contributed by atoms with E-state index in [0.29, 0.717) is 12.3 Å². The van der Waals surface area contributed by atoms with Crippen LogP contribution in [-0.2, 0) is 0 Å². The van der Waals surface area contributed by atoms with Crippen LogP contribution >= 0.6 is 0 Å². The van der Waals surface area contributed by atoms with Gasteiger partial charge < -0.3 is 10.6 Å². The standard InChI is InChI=1S/C16H22N4/c1-12(2)11-20(10-9-15(17)18)16-8-7-13-5-3-4-6-14(13)19-16/h3-8,12H,9-11H2,1-2H3,(H3,17,18). The van der Waals surface area contributed by atoms with Crippen molar-refractivity contribution in [2.24, 2.45) is 11.7 Å². The Morgan fingerprint density at radius 1 is 1.25 bits per heavy atom. The van der Waals surface area contributed by atoms with E-state index in [-0.39, 0.29) is 5.84 Å². The number of aromatic nitrogens is 1. The van der Waals surface area contributed by atoms with Crippen LogP contribution in [0.2, 0.25) is 0 Å². The van der Waals surface area contributed by atoms with E-state index in [9.17, 15) is 0 Å². The number of nitrogens with zero attached hydrogens (tertiary/aromatic N) is 2. The number of rotatable bonds is 6. The minimum absolute atomic E-state index is 0.222. The van der Waals surface area contributed by atoms with Crippen LogP contribution in [-0.4, -0.2) is 23.9 Å². The van der Waals surface area contributed by atoms with Gasteiger partial charge in [-0.1, -0.05) is 32.0 Å². The second-order valence-corrected chi connectivity index (χ2v) is 5.48. The fourth-order valence-corrected chi connectivity index (χ4v) is 2.23. The van der Waals surface area contributed by atoms with Crippen molar-refractivity contribution in [3.63, 3.8) is 0 Å². The number of nitrogens with one attached hydrogen (secondary N) is 1. The first-order chi connectivity index (χ1) is 9.56. The van der Waals surface area contributed by atoms with Gasteiger partial charge in [0.05, 0.1) is 11.4 Å². The van der Waals surface area contributed by atoms with Crippen LogP contribution in [0.1, 0.15) is 20.3 Å². The number of anilines is 1. The van der Waals surface area contributed by atoms with Crippen molar-refractivity contribution in [1.82, 2.24) is 4.98 Å². The summed E-state index contributed by atoms with van der Waals surface area (Å²) < 4.78 is 0. The lowest BCUT2D eigenvalue weighted by atomic mass is 10.2. The zero-order chi connectivity index (χ0) is 14.5. The number of fused-ring (bicyclic) bond motifs is 1. The Bertz CT molecular complexity index is 592. The van der Waals surface area contributed by atoms with E-state index in [1.807, 2.05) is 24.3 Å². The van der Waals surface area contributed by atoms with Crippen LogP contribution < -0.4 is 10.6 Å². The molecule has 0 fully saturated rings. The molecule has 0 saturated carbocycles. The maximum Gasteiger partial charge on any atom is 0.129 e. The van der Waals surface area contributed by atoms with E-state index in [2.05, 4.69) is 30.9 Å². The molecule has 1 aromatic heterocycles. The van der Waals surface area contributed by atoms with Gasteiger partial charge >= 0.3 is 0 Å². The Hall–Kier alpha value is -2.10. The first kappa shape index (κ1) is 14.3. The molecular formula is C16H22N4. The van der Waals surface area contributed by atoms with Crippen molar-refractivity contribution >= 4 is 22.6 Å². The van der Waals surface area contributed by atoms with E-state index in [1.165, 1.54) is 0 Å². The molecule has 1 aromatic carbocycles. The summed E-state index contributed by atoms with van der Waals surface area (Å²) in [5.41, 5.74) is 6.48. The summed E-state index contributed by atoms with van der Waals surface area (Å²) in [6.45, 7) is 6.01. The van der Waals surface area contributed by atoms with Crippen LogP contribution in [0.3, 0.4) is 0 Å². The summed E-state index contributed by atoms with van der Waals surface area (Å²) in [6, 6.07) is 12.3. The lowest BCUT2D eigenvalue weighted by Gasteiger charge is -2.25. The average Bonchev–Trinajstić information content (AvgIpc) is 2.42. The minimum Gasteiger partial charge on any atom is -0.388 e. The Morgan fingerprint density at radius 2 is 2.00 bits per heavy atom. The molecule has 0 aliphatic heterocycles. The zero-order valence-electron chi connectivity index (χ0n) is 12.1. The fraction of sp³-hybridized carbons (Fsp3) is 0.375. The van der Waals surface area contributed by atoms with Crippen LogP contribution in [0.15, 0.2) is 36.4 Å². The summed E-state index contributed by atoms with van der Waals surface area (Å²) in [4.78, 5) is 6.93. The van der Waals surface area contributed by atoms with Gasteiger partial charge in [-0.25, -0.2) is 4.98 Å². The van der Waals surface area contributed by atoms with Crippen molar-refractivity contribution in [3.05, 3.63) is 36.4 Å². The molecule has 4 heteroatoms. The largest absolute Gasteiger partial charge is 0.388 e. The molecule has 0 aliphatic carbocycles. The van der Waals surface area contributed by atoms with Crippen LogP contribution in [0, 0.1) is 11.3 Å². The highest BCUT2D eigenvalue weighted by molar-refractivity contribution is 5.80. The Morgan fingerprint density at radius 3 is 2.70 bits per heavy atom. The number of benzene rings is 1. The van der Waals surface area contributed by atoms with Crippen molar-refractivity contribution in [1.29, 1.82) is 5.41 Å². The second-order valence-electron chi connectivity index (χ2n) is 5.48. The lowest BCUT2D eigenvalue weighted by molar-refractivity contribution is 0.609. The molecule has 0 radical (unpaired) electrons. The molecule has 0 unspecified atom stereocenters. The quantitative estimate of drug-likeness (QED) is 0.626. The summed E-state index contributed by atoms with van der Waals surface area (Å²) in [7, 11) is 0. The maximum absolute atomic E-state index is 7.39. The van der Waals surface area contributed by atoms with Gasteiger partial charge in [0.1, 0.15) is 5.82 Å². The molecule has 0 amide bonds. The van der Waals surface area contributed by atoms with Gasteiger partial charge in [0.2, 0.25) is 0 Å². The molecule has 0 atom stereocenters. The molecule has 106 valence electrons. The number of hydrogen-bond acceptors (Lipinski definition) is 3. The summed E-state index contributed by atoms with van der Waals surface area (Å²) in [5.74, 6) is 1.72. The monoisotopic (exact) mass is 270 g/mol. The Kier molecular flexibility index (Phi) is 4.56. The minimum atomic E-state index is 0.222. The van der Waals surface area contributed by atoms with Crippen molar-refractivity contribution < 1.29 is 0 Å². The molecule has 0 bridgehead atoms. The molecule has 0 spiro atoms. The molecule has 2 aromatic rings. The average molecular weight is 270 g/mol. The van der Waals surface area contributed by atoms with Crippen molar-refractivity contribution in [2.75, 3.05) is 18.0 Å². The molecule has 0 saturated heterocycles. The van der Waals surface area contributed by atoms with E-state index in [4.69, 9.17) is 16.1 Å². The first-order valence-corrected chi connectivity index (χ1v) is 7.00. The summed E-state index contributed by atoms with van der Waals surface area (Å²) in [6.07, 6.45) is 0.571. The fourth-order valence-electron chi connectivity index (χ4n) is 2.23. The van der Waals surface area contributed by atoms with Gasteiger partial charge in [-0.3, -0.25) is 5.41 Å². The van der Waals surface area contributed by atoms with Crippen LogP contribution in [0.4, 0.5) is 5.82 Å². The highest BCUT2D eigenvalue weighted by Crippen LogP contribution is 2.19. The Labute approximate surface area is 120 Å². The normalized spacial score (nSPS) is 10.9. The van der Waals surface area contributed by atoms with Gasteiger partial charge in [0.15, 0.2) is 0 Å². The molecule has 1 heterocycles. The van der Waals surface area contributed by atoms with E-state index < -0.39 is 0 Å². The third kappa shape index (κ3) is 3.70. The van der Waals surface area contributed by atoms with Gasteiger partial charge in [0, 0.05) is 24.9 Å². The number of nitrogens with two attached hydrogens (primary N) is 1. The Balaban J connectivity index is 2.26. The van der Waals surface area contributed by atoms with Gasteiger partial charge in [0.25, 0.3) is 0 Å². The number of para-hydroxylation sites is 1. The second kappa shape index (κ2) is 6.37. The predicted molar refractivity (Wildman–Crippen MR) is 85.3 cm³/mol. The van der Waals surface area contributed by atoms with Gasteiger partial charge in [-0.15, -0.1) is 0 Å². The molecular weight excluding hydrogens is 248 g/mol.